The van der Waals surface area contributed by atoms with Crippen molar-refractivity contribution in [2.45, 2.75) is 18.4 Å². The van der Waals surface area contributed by atoms with Gasteiger partial charge in [0.1, 0.15) is 0 Å². The summed E-state index contributed by atoms with van der Waals surface area (Å²) in [5.74, 6) is 0.169. The number of nitrogens with zero attached hydrogens (tertiary/aromatic N) is 1. The van der Waals surface area contributed by atoms with Crippen LogP contribution in [0.3, 0.4) is 0 Å². The number of rotatable bonds is 6. The zero-order chi connectivity index (χ0) is 11.1. The van der Waals surface area contributed by atoms with Crippen LogP contribution in [0, 0.1) is 5.92 Å². The summed E-state index contributed by atoms with van der Waals surface area (Å²) in [6.07, 6.45) is 2.62. The van der Waals surface area contributed by atoms with Gasteiger partial charge in [-0.05, 0) is 12.8 Å². The number of aliphatic hydroxyl groups is 1. The van der Waals surface area contributed by atoms with Gasteiger partial charge in [0, 0.05) is 12.2 Å². The quantitative estimate of drug-likeness (QED) is 0.367. The van der Waals surface area contributed by atoms with E-state index in [1.165, 1.54) is 4.90 Å². The van der Waals surface area contributed by atoms with Crippen LogP contribution in [0.5, 0.6) is 0 Å². The molecule has 0 aliphatic heterocycles. The van der Waals surface area contributed by atoms with Crippen molar-refractivity contribution in [3.8, 4) is 0 Å². The third-order valence-corrected chi connectivity index (χ3v) is 2.84. The Morgan fingerprint density at radius 3 is 2.50 bits per heavy atom. The summed E-state index contributed by atoms with van der Waals surface area (Å²) in [6, 6.07) is 0. The number of thiol groups is 2. The van der Waals surface area contributed by atoms with Gasteiger partial charge in [-0.1, -0.05) is 13.0 Å². The molecule has 0 spiro atoms. The summed E-state index contributed by atoms with van der Waals surface area (Å²) < 4.78 is -0.0485. The second-order valence-corrected chi connectivity index (χ2v) is 4.62. The lowest BCUT2D eigenvalue weighted by Gasteiger charge is -2.19. The van der Waals surface area contributed by atoms with Gasteiger partial charge in [0.15, 0.2) is 0 Å². The number of allylic oxidation sites excluding steroid dienone is 2. The van der Waals surface area contributed by atoms with Crippen molar-refractivity contribution < 1.29 is 9.90 Å². The lowest BCUT2D eigenvalue weighted by molar-refractivity contribution is -0.116. The Labute approximate surface area is 96.0 Å². The van der Waals surface area contributed by atoms with E-state index >= 15 is 0 Å². The van der Waals surface area contributed by atoms with Crippen molar-refractivity contribution in [2.24, 2.45) is 5.92 Å². The van der Waals surface area contributed by atoms with Crippen molar-refractivity contribution in [3.63, 3.8) is 0 Å². The molecular weight excluding hydrogens is 218 g/mol. The van der Waals surface area contributed by atoms with Gasteiger partial charge in [0.2, 0.25) is 6.41 Å². The van der Waals surface area contributed by atoms with Crippen LogP contribution in [0.25, 0.3) is 0 Å². The lowest BCUT2D eigenvalue weighted by Crippen LogP contribution is -2.24. The van der Waals surface area contributed by atoms with Crippen LogP contribution in [0.15, 0.2) is 11.8 Å². The van der Waals surface area contributed by atoms with Crippen LogP contribution >= 0.6 is 25.3 Å². The Morgan fingerprint density at radius 1 is 1.57 bits per heavy atom. The minimum atomic E-state index is -0.0485. The smallest absolute Gasteiger partial charge is 0.213 e. The molecule has 0 rings (SSSR count). The van der Waals surface area contributed by atoms with Gasteiger partial charge in [0.25, 0.3) is 0 Å². The average molecular weight is 235 g/mol. The molecule has 14 heavy (non-hydrogen) atoms. The number of hydrogen-bond donors (Lipinski definition) is 3. The topological polar surface area (TPSA) is 40.5 Å². The Balaban J connectivity index is 4.39. The number of hydrogen-bond acceptors (Lipinski definition) is 4. The minimum Gasteiger partial charge on any atom is -0.395 e. The first-order valence-corrected chi connectivity index (χ1v) is 5.43. The largest absolute Gasteiger partial charge is 0.395 e. The van der Waals surface area contributed by atoms with Crippen LogP contribution in [0.1, 0.15) is 13.8 Å². The number of amides is 1. The van der Waals surface area contributed by atoms with Crippen molar-refractivity contribution in [1.29, 1.82) is 0 Å². The SMILES string of the molecule is CC(=CC(C)C(S)S)N(C=O)CCO. The van der Waals surface area contributed by atoms with Gasteiger partial charge >= 0.3 is 0 Å². The molecule has 0 fully saturated rings. The predicted molar refractivity (Wildman–Crippen MR) is 64.5 cm³/mol. The van der Waals surface area contributed by atoms with E-state index < -0.39 is 0 Å². The van der Waals surface area contributed by atoms with Gasteiger partial charge in [-0.15, -0.1) is 0 Å². The zero-order valence-electron chi connectivity index (χ0n) is 8.42. The van der Waals surface area contributed by atoms with Crippen LogP contribution < -0.4 is 0 Å². The molecule has 0 bridgehead atoms. The molecule has 0 saturated heterocycles. The third-order valence-electron chi connectivity index (χ3n) is 1.90. The van der Waals surface area contributed by atoms with E-state index in [-0.39, 0.29) is 17.1 Å². The molecular formula is C9H17NO2S2. The maximum atomic E-state index is 10.6. The van der Waals surface area contributed by atoms with Gasteiger partial charge in [-0.2, -0.15) is 25.3 Å². The number of carbonyl (C=O) groups excluding carboxylic acids is 1. The Bertz CT molecular complexity index is 207. The Kier molecular flexibility index (Phi) is 7.13. The van der Waals surface area contributed by atoms with Gasteiger partial charge in [-0.25, -0.2) is 0 Å². The van der Waals surface area contributed by atoms with Gasteiger partial charge in [-0.3, -0.25) is 4.79 Å². The molecule has 1 atom stereocenters. The van der Waals surface area contributed by atoms with E-state index in [2.05, 4.69) is 25.3 Å². The molecule has 0 aromatic rings. The molecule has 0 heterocycles. The third kappa shape index (κ3) is 4.93. The molecule has 5 heteroatoms. The lowest BCUT2D eigenvalue weighted by atomic mass is 10.2. The standard InChI is InChI=1S/C9H17NO2S2/c1-7(9(13)14)5-8(2)10(6-12)3-4-11/h5-7,9,11,13-14H,3-4H2,1-2H3. The number of aliphatic hydroxyl groups excluding tert-OH is 1. The molecule has 0 aromatic heterocycles. The van der Waals surface area contributed by atoms with Crippen molar-refractivity contribution in [2.75, 3.05) is 13.2 Å². The van der Waals surface area contributed by atoms with E-state index in [1.807, 2.05) is 19.9 Å². The van der Waals surface area contributed by atoms with Crippen molar-refractivity contribution >= 4 is 31.7 Å². The van der Waals surface area contributed by atoms with Crippen LogP contribution in [-0.4, -0.2) is 34.2 Å². The fraction of sp³-hybridized carbons (Fsp3) is 0.667. The first-order valence-electron chi connectivity index (χ1n) is 4.40. The molecule has 0 radical (unpaired) electrons. The highest BCUT2D eigenvalue weighted by Crippen LogP contribution is 2.17. The summed E-state index contributed by atoms with van der Waals surface area (Å²) in [7, 11) is 0. The fourth-order valence-electron chi connectivity index (χ4n) is 0.982. The highest BCUT2D eigenvalue weighted by Gasteiger charge is 2.08. The number of carbonyl (C=O) groups is 1. The first kappa shape index (κ1) is 13.9. The Hall–Kier alpha value is -0.130. The van der Waals surface area contributed by atoms with E-state index in [9.17, 15) is 4.79 Å². The molecule has 0 aliphatic rings. The maximum absolute atomic E-state index is 10.6. The summed E-state index contributed by atoms with van der Waals surface area (Å²) in [6.45, 7) is 4.08. The molecule has 3 nitrogen and oxygen atoms in total. The van der Waals surface area contributed by atoms with E-state index in [4.69, 9.17) is 5.11 Å². The second-order valence-electron chi connectivity index (χ2n) is 3.10. The molecule has 0 aliphatic carbocycles. The summed E-state index contributed by atoms with van der Waals surface area (Å²) in [4.78, 5) is 12.1. The highest BCUT2D eigenvalue weighted by atomic mass is 32.2. The van der Waals surface area contributed by atoms with Crippen LogP contribution in [-0.2, 0) is 4.79 Å². The van der Waals surface area contributed by atoms with Crippen molar-refractivity contribution in [3.05, 3.63) is 11.8 Å². The normalized spacial score (nSPS) is 14.3. The molecule has 1 N–H and O–H groups in total. The zero-order valence-corrected chi connectivity index (χ0v) is 10.2. The van der Waals surface area contributed by atoms with Crippen molar-refractivity contribution in [1.82, 2.24) is 4.90 Å². The van der Waals surface area contributed by atoms with E-state index in [0.717, 1.165) is 5.70 Å². The van der Waals surface area contributed by atoms with Crippen LogP contribution in [0.2, 0.25) is 0 Å². The maximum Gasteiger partial charge on any atom is 0.213 e. The summed E-state index contributed by atoms with van der Waals surface area (Å²) in [5, 5.41) is 8.70. The fourth-order valence-corrected chi connectivity index (χ4v) is 1.15. The highest BCUT2D eigenvalue weighted by molar-refractivity contribution is 7.99. The molecule has 1 amide bonds. The van der Waals surface area contributed by atoms with Crippen LogP contribution in [0.4, 0.5) is 0 Å². The van der Waals surface area contributed by atoms with Gasteiger partial charge in [0.05, 0.1) is 11.2 Å². The van der Waals surface area contributed by atoms with E-state index in [1.54, 1.807) is 0 Å². The molecule has 0 aromatic carbocycles. The van der Waals surface area contributed by atoms with Gasteiger partial charge < -0.3 is 10.0 Å². The summed E-state index contributed by atoms with van der Waals surface area (Å²) >= 11 is 8.36. The second kappa shape index (κ2) is 7.20. The molecule has 82 valence electrons. The molecule has 1 unspecified atom stereocenters. The first-order chi connectivity index (χ1) is 6.52. The van der Waals surface area contributed by atoms with E-state index in [0.29, 0.717) is 13.0 Å². The monoisotopic (exact) mass is 235 g/mol. The molecule has 0 saturated carbocycles. The summed E-state index contributed by atoms with van der Waals surface area (Å²) in [5.41, 5.74) is 0.814. The average Bonchev–Trinajstić information content (AvgIpc) is 2.13. The Morgan fingerprint density at radius 2 is 2.14 bits per heavy atom. The minimum absolute atomic E-state index is 0.0382. The predicted octanol–water partition coefficient (Wildman–Crippen LogP) is 1.16.